The summed E-state index contributed by atoms with van der Waals surface area (Å²) < 4.78 is 30.9. The van der Waals surface area contributed by atoms with E-state index in [0.29, 0.717) is 13.2 Å². The van der Waals surface area contributed by atoms with Gasteiger partial charge in [0, 0.05) is 5.92 Å². The van der Waals surface area contributed by atoms with Crippen molar-refractivity contribution < 1.29 is 23.4 Å². The van der Waals surface area contributed by atoms with Crippen LogP contribution >= 0.6 is 0 Å². The maximum absolute atomic E-state index is 14.1. The minimum absolute atomic E-state index is 0.0445. The third kappa shape index (κ3) is 5.98. The number of allylic oxidation sites excluding steroid dienone is 1. The quantitative estimate of drug-likeness (QED) is 0.306. The molecule has 0 saturated heterocycles. The van der Waals surface area contributed by atoms with E-state index in [0.717, 1.165) is 53.2 Å². The van der Waals surface area contributed by atoms with Gasteiger partial charge in [-0.05, 0) is 92.3 Å². The third-order valence-corrected chi connectivity index (χ3v) is 7.01. The normalized spacial score (nSPS) is 19.4. The first-order chi connectivity index (χ1) is 19.1. The van der Waals surface area contributed by atoms with E-state index < -0.39 is 5.82 Å². The fourth-order valence-electron chi connectivity index (χ4n) is 5.26. The first-order valence-electron chi connectivity index (χ1n) is 13.5. The van der Waals surface area contributed by atoms with Crippen molar-refractivity contribution in [3.8, 4) is 17.2 Å². The van der Waals surface area contributed by atoms with E-state index in [2.05, 4.69) is 6.08 Å². The zero-order chi connectivity index (χ0) is 27.2. The molecule has 39 heavy (non-hydrogen) atoms. The number of nitrogens with zero attached hydrogens (tertiary/aromatic N) is 2. The number of rotatable bonds is 9. The van der Waals surface area contributed by atoms with Crippen LogP contribution in [0.4, 0.5) is 4.39 Å². The number of amides is 1. The van der Waals surface area contributed by atoms with Gasteiger partial charge >= 0.3 is 0 Å². The predicted molar refractivity (Wildman–Crippen MR) is 149 cm³/mol. The average molecular weight is 529 g/mol. The van der Waals surface area contributed by atoms with Gasteiger partial charge in [-0.15, -0.1) is 0 Å². The number of fused-ring (bicyclic) bond motifs is 1. The molecule has 1 aliphatic carbocycles. The fraction of sp³-hybridized carbons (Fsp3) is 0.312. The molecule has 1 saturated carbocycles. The number of carbonyl (C=O) groups excluding carboxylic acids is 1. The minimum Gasteiger partial charge on any atom is -0.494 e. The summed E-state index contributed by atoms with van der Waals surface area (Å²) in [6.45, 7) is 4.80. The molecule has 1 heterocycles. The Morgan fingerprint density at radius 2 is 1.62 bits per heavy atom. The van der Waals surface area contributed by atoms with E-state index in [-0.39, 0.29) is 30.2 Å². The first-order valence-corrected chi connectivity index (χ1v) is 13.5. The van der Waals surface area contributed by atoms with Crippen molar-refractivity contribution in [2.75, 3.05) is 19.8 Å². The van der Waals surface area contributed by atoms with Crippen molar-refractivity contribution in [1.29, 1.82) is 0 Å². The van der Waals surface area contributed by atoms with Crippen molar-refractivity contribution >= 4 is 17.7 Å². The molecule has 0 aromatic heterocycles. The van der Waals surface area contributed by atoms with E-state index in [4.69, 9.17) is 19.3 Å². The smallest absolute Gasteiger partial charge is 0.281 e. The highest BCUT2D eigenvalue weighted by Crippen LogP contribution is 2.44. The first kappa shape index (κ1) is 26.5. The highest BCUT2D eigenvalue weighted by Gasteiger charge is 2.43. The Morgan fingerprint density at radius 1 is 0.949 bits per heavy atom. The van der Waals surface area contributed by atoms with E-state index >= 15 is 0 Å². The Bertz CT molecular complexity index is 1350. The second-order valence-electron chi connectivity index (χ2n) is 9.56. The van der Waals surface area contributed by atoms with E-state index in [1.807, 2.05) is 62.4 Å². The average Bonchev–Trinajstić information content (AvgIpc) is 3.35. The standard InChI is InChI=1S/C32H33FN2O4/c1-3-37-25-16-12-22(13-17-25)20-24-8-7-9-27-31(24)34-35(30(36)21-39-29-11-6-5-10-28(29)33)32(27)23-14-18-26(19-15-23)38-4-2/h5-6,10-20,27,32H,3-4,7-9,21H2,1-2H3/b24-20-. The second-order valence-corrected chi connectivity index (χ2v) is 9.56. The molecular formula is C32H33FN2O4. The van der Waals surface area contributed by atoms with Crippen molar-refractivity contribution in [1.82, 2.24) is 5.01 Å². The molecular weight excluding hydrogens is 495 g/mol. The molecule has 2 aliphatic rings. The van der Waals surface area contributed by atoms with Crippen molar-refractivity contribution in [3.05, 3.63) is 95.3 Å². The summed E-state index contributed by atoms with van der Waals surface area (Å²) in [7, 11) is 0. The van der Waals surface area contributed by atoms with Gasteiger partial charge in [0.25, 0.3) is 5.91 Å². The van der Waals surface area contributed by atoms with Gasteiger partial charge in [-0.25, -0.2) is 9.40 Å². The van der Waals surface area contributed by atoms with Crippen LogP contribution in [0.3, 0.4) is 0 Å². The van der Waals surface area contributed by atoms with Crippen LogP contribution in [0.5, 0.6) is 17.2 Å². The molecule has 0 radical (unpaired) electrons. The highest BCUT2D eigenvalue weighted by molar-refractivity contribution is 6.08. The summed E-state index contributed by atoms with van der Waals surface area (Å²) in [6.07, 6.45) is 4.94. The minimum atomic E-state index is -0.504. The van der Waals surface area contributed by atoms with E-state index in [1.165, 1.54) is 17.1 Å². The van der Waals surface area contributed by atoms with Crippen LogP contribution < -0.4 is 14.2 Å². The predicted octanol–water partition coefficient (Wildman–Crippen LogP) is 6.83. The zero-order valence-corrected chi connectivity index (χ0v) is 22.3. The highest BCUT2D eigenvalue weighted by atomic mass is 19.1. The molecule has 7 heteroatoms. The van der Waals surface area contributed by atoms with Gasteiger partial charge in [0.05, 0.1) is 25.0 Å². The van der Waals surface area contributed by atoms with Crippen LogP contribution in [-0.2, 0) is 4.79 Å². The lowest BCUT2D eigenvalue weighted by Gasteiger charge is -2.29. The second kappa shape index (κ2) is 12.2. The van der Waals surface area contributed by atoms with Crippen LogP contribution in [0.2, 0.25) is 0 Å². The van der Waals surface area contributed by atoms with E-state index in [9.17, 15) is 9.18 Å². The molecule has 5 rings (SSSR count). The SMILES string of the molecule is CCOc1ccc(/C=C2/CCCC3C2=NN(C(=O)COc2ccccc2F)C3c2ccc(OCC)cc2)cc1. The largest absolute Gasteiger partial charge is 0.494 e. The summed E-state index contributed by atoms with van der Waals surface area (Å²) in [5.74, 6) is 0.879. The molecule has 0 N–H and O–H groups in total. The summed E-state index contributed by atoms with van der Waals surface area (Å²) in [4.78, 5) is 13.5. The van der Waals surface area contributed by atoms with Gasteiger partial charge in [0.15, 0.2) is 18.2 Å². The number of benzene rings is 3. The third-order valence-electron chi connectivity index (χ3n) is 7.01. The van der Waals surface area contributed by atoms with Gasteiger partial charge in [0.1, 0.15) is 11.5 Å². The van der Waals surface area contributed by atoms with Gasteiger partial charge in [0.2, 0.25) is 0 Å². The molecule has 1 fully saturated rings. The van der Waals surface area contributed by atoms with Crippen molar-refractivity contribution in [2.45, 2.75) is 39.2 Å². The van der Waals surface area contributed by atoms with Gasteiger partial charge < -0.3 is 14.2 Å². The Balaban J connectivity index is 1.45. The Labute approximate surface area is 228 Å². The Morgan fingerprint density at radius 3 is 2.28 bits per heavy atom. The number of hydrazone groups is 1. The van der Waals surface area contributed by atoms with Crippen molar-refractivity contribution in [2.24, 2.45) is 11.0 Å². The van der Waals surface area contributed by atoms with Gasteiger partial charge in [-0.1, -0.05) is 36.4 Å². The van der Waals surface area contributed by atoms with Crippen molar-refractivity contribution in [3.63, 3.8) is 0 Å². The summed E-state index contributed by atoms with van der Waals surface area (Å²) in [5.41, 5.74) is 4.08. The maximum atomic E-state index is 14.1. The number of carbonyl (C=O) groups is 1. The lowest BCUT2D eigenvalue weighted by atomic mass is 9.77. The molecule has 0 bridgehead atoms. The van der Waals surface area contributed by atoms with Gasteiger partial charge in [-0.3, -0.25) is 4.79 Å². The topological polar surface area (TPSA) is 60.4 Å². The number of hydrogen-bond donors (Lipinski definition) is 0. The van der Waals surface area contributed by atoms with Gasteiger partial charge in [-0.2, -0.15) is 5.10 Å². The molecule has 202 valence electrons. The monoisotopic (exact) mass is 528 g/mol. The molecule has 1 amide bonds. The van der Waals surface area contributed by atoms with Crippen LogP contribution in [-0.4, -0.2) is 36.4 Å². The molecule has 0 spiro atoms. The summed E-state index contributed by atoms with van der Waals surface area (Å²) in [5, 5.41) is 6.42. The van der Waals surface area contributed by atoms with E-state index in [1.54, 1.807) is 12.1 Å². The molecule has 3 aromatic rings. The zero-order valence-electron chi connectivity index (χ0n) is 22.3. The maximum Gasteiger partial charge on any atom is 0.281 e. The van der Waals surface area contributed by atoms with Crippen LogP contribution in [0.25, 0.3) is 6.08 Å². The number of para-hydroxylation sites is 1. The van der Waals surface area contributed by atoms with Crippen LogP contribution in [0.15, 0.2) is 83.5 Å². The molecule has 6 nitrogen and oxygen atoms in total. The number of ether oxygens (including phenoxy) is 3. The van der Waals surface area contributed by atoms with Crippen LogP contribution in [0.1, 0.15) is 50.3 Å². The number of halogens is 1. The molecule has 1 aliphatic heterocycles. The number of hydrogen-bond acceptors (Lipinski definition) is 5. The Hall–Kier alpha value is -4.13. The fourth-order valence-corrected chi connectivity index (χ4v) is 5.26. The Kier molecular flexibility index (Phi) is 8.25. The summed E-state index contributed by atoms with van der Waals surface area (Å²) >= 11 is 0. The molecule has 3 aromatic carbocycles. The molecule has 2 atom stereocenters. The van der Waals surface area contributed by atoms with Crippen LogP contribution in [0, 0.1) is 11.7 Å². The summed E-state index contributed by atoms with van der Waals surface area (Å²) in [6, 6.07) is 21.6. The lowest BCUT2D eigenvalue weighted by molar-refractivity contribution is -0.135. The molecule has 2 unspecified atom stereocenters. The lowest BCUT2D eigenvalue weighted by Crippen LogP contribution is -2.34.